The maximum atomic E-state index is 5.89. The van der Waals surface area contributed by atoms with Gasteiger partial charge in [-0.15, -0.1) is 0 Å². The van der Waals surface area contributed by atoms with Gasteiger partial charge in [-0.25, -0.2) is 0 Å². The molecule has 2 aliphatic rings. The quantitative estimate of drug-likeness (QED) is 0.785. The number of fused-ring (bicyclic) bond motifs is 3. The van der Waals surface area contributed by atoms with Gasteiger partial charge in [0.25, 0.3) is 0 Å². The Morgan fingerprint density at radius 3 is 2.87 bits per heavy atom. The average Bonchev–Trinajstić information content (AvgIpc) is 3.05. The lowest BCUT2D eigenvalue weighted by atomic mass is 9.76. The van der Waals surface area contributed by atoms with E-state index in [0.717, 1.165) is 12.2 Å². The Balaban J connectivity index is 1.78. The number of nitrogens with one attached hydrogen (secondary N) is 1. The molecule has 118 valence electrons. The van der Waals surface area contributed by atoms with Gasteiger partial charge in [-0.1, -0.05) is 48.0 Å². The molecule has 0 amide bonds. The van der Waals surface area contributed by atoms with E-state index in [1.807, 2.05) is 6.92 Å². The van der Waals surface area contributed by atoms with Crippen LogP contribution in [0, 0.1) is 12.8 Å². The van der Waals surface area contributed by atoms with Crippen molar-refractivity contribution < 1.29 is 4.74 Å². The zero-order valence-corrected chi connectivity index (χ0v) is 13.8. The first-order valence-corrected chi connectivity index (χ1v) is 8.53. The van der Waals surface area contributed by atoms with Crippen molar-refractivity contribution in [3.05, 3.63) is 71.3 Å². The average molecular weight is 305 g/mol. The molecule has 2 nitrogen and oxygen atoms in total. The van der Waals surface area contributed by atoms with Crippen LogP contribution in [0.25, 0.3) is 0 Å². The Morgan fingerprint density at radius 2 is 2.00 bits per heavy atom. The van der Waals surface area contributed by atoms with Gasteiger partial charge in [-0.3, -0.25) is 0 Å². The molecule has 4 rings (SSSR count). The molecular formula is C21H23NO. The fourth-order valence-electron chi connectivity index (χ4n) is 4.05. The van der Waals surface area contributed by atoms with Crippen LogP contribution < -0.4 is 10.1 Å². The van der Waals surface area contributed by atoms with Gasteiger partial charge in [0.05, 0.1) is 12.6 Å². The van der Waals surface area contributed by atoms with Crippen LogP contribution in [0.5, 0.6) is 5.75 Å². The van der Waals surface area contributed by atoms with E-state index < -0.39 is 0 Å². The number of allylic oxidation sites excluding steroid dienone is 2. The number of aryl methyl sites for hydroxylation is 1. The maximum absolute atomic E-state index is 5.89. The summed E-state index contributed by atoms with van der Waals surface area (Å²) in [6.45, 7) is 4.92. The van der Waals surface area contributed by atoms with Gasteiger partial charge in [0, 0.05) is 17.2 Å². The Morgan fingerprint density at radius 1 is 1.13 bits per heavy atom. The van der Waals surface area contributed by atoms with Crippen LogP contribution in [0.4, 0.5) is 5.69 Å². The van der Waals surface area contributed by atoms with Crippen molar-refractivity contribution >= 4 is 5.69 Å². The third-order valence-corrected chi connectivity index (χ3v) is 5.07. The smallest absolute Gasteiger partial charge is 0.124 e. The van der Waals surface area contributed by atoms with Crippen molar-refractivity contribution in [1.82, 2.24) is 0 Å². The Bertz CT molecular complexity index is 749. The molecule has 0 bridgehead atoms. The van der Waals surface area contributed by atoms with Gasteiger partial charge in [0.2, 0.25) is 0 Å². The van der Waals surface area contributed by atoms with E-state index in [9.17, 15) is 0 Å². The number of benzene rings is 2. The van der Waals surface area contributed by atoms with Crippen LogP contribution in [-0.4, -0.2) is 6.61 Å². The van der Waals surface area contributed by atoms with E-state index in [0.29, 0.717) is 24.5 Å². The molecule has 1 aliphatic heterocycles. The van der Waals surface area contributed by atoms with Gasteiger partial charge >= 0.3 is 0 Å². The molecule has 3 atom stereocenters. The molecule has 2 heteroatoms. The minimum Gasteiger partial charge on any atom is -0.494 e. The highest BCUT2D eigenvalue weighted by Crippen LogP contribution is 2.51. The molecule has 0 spiro atoms. The number of hydrogen-bond donors (Lipinski definition) is 1. The topological polar surface area (TPSA) is 21.3 Å². The van der Waals surface area contributed by atoms with Gasteiger partial charge in [0.1, 0.15) is 5.75 Å². The van der Waals surface area contributed by atoms with Gasteiger partial charge in [-0.05, 0) is 43.9 Å². The molecule has 2 aromatic carbocycles. The monoisotopic (exact) mass is 305 g/mol. The lowest BCUT2D eigenvalue weighted by Crippen LogP contribution is -2.29. The van der Waals surface area contributed by atoms with Crippen LogP contribution in [-0.2, 0) is 0 Å². The summed E-state index contributed by atoms with van der Waals surface area (Å²) >= 11 is 0. The summed E-state index contributed by atoms with van der Waals surface area (Å²) in [7, 11) is 0. The molecule has 0 saturated heterocycles. The fraction of sp³-hybridized carbons (Fsp3) is 0.333. The van der Waals surface area contributed by atoms with E-state index in [2.05, 4.69) is 66.9 Å². The highest BCUT2D eigenvalue weighted by Gasteiger charge is 2.38. The van der Waals surface area contributed by atoms with Crippen molar-refractivity contribution in [3.63, 3.8) is 0 Å². The predicted octanol–water partition coefficient (Wildman–Crippen LogP) is 5.22. The van der Waals surface area contributed by atoms with Crippen molar-refractivity contribution in [3.8, 4) is 5.75 Å². The standard InChI is InChI=1S/C21H23NO/c1-3-23-20-10-5-4-7-17(20)21-16-9-6-8-15(16)18-13-14(2)11-12-19(18)22-21/h4-8,10-13,15-16,21-22H,3,9H2,1-2H3. The summed E-state index contributed by atoms with van der Waals surface area (Å²) in [4.78, 5) is 0. The van der Waals surface area contributed by atoms with E-state index in [1.165, 1.54) is 22.4 Å². The molecule has 0 radical (unpaired) electrons. The third-order valence-electron chi connectivity index (χ3n) is 5.07. The molecule has 0 aromatic heterocycles. The summed E-state index contributed by atoms with van der Waals surface area (Å²) in [5, 5.41) is 3.79. The number of anilines is 1. The lowest BCUT2D eigenvalue weighted by molar-refractivity contribution is 0.326. The summed E-state index contributed by atoms with van der Waals surface area (Å²) in [5.74, 6) is 2.07. The number of hydrogen-bond acceptors (Lipinski definition) is 2. The lowest BCUT2D eigenvalue weighted by Gasteiger charge is -2.38. The second kappa shape index (κ2) is 5.77. The molecule has 1 aliphatic carbocycles. The molecule has 1 N–H and O–H groups in total. The van der Waals surface area contributed by atoms with Gasteiger partial charge < -0.3 is 10.1 Å². The SMILES string of the molecule is CCOc1ccccc1C1Nc2ccc(C)cc2C2C=CCC21. The Kier molecular flexibility index (Phi) is 3.60. The van der Waals surface area contributed by atoms with Crippen LogP contribution in [0.15, 0.2) is 54.6 Å². The number of rotatable bonds is 3. The summed E-state index contributed by atoms with van der Waals surface area (Å²) < 4.78 is 5.89. The van der Waals surface area contributed by atoms with E-state index in [1.54, 1.807) is 0 Å². The molecule has 2 aromatic rings. The molecule has 0 fully saturated rings. The van der Waals surface area contributed by atoms with Crippen LogP contribution in [0.3, 0.4) is 0 Å². The minimum atomic E-state index is 0.299. The van der Waals surface area contributed by atoms with Gasteiger partial charge in [0.15, 0.2) is 0 Å². The molecule has 3 unspecified atom stereocenters. The Labute approximate surface area is 138 Å². The van der Waals surface area contributed by atoms with Crippen molar-refractivity contribution in [1.29, 1.82) is 0 Å². The van der Waals surface area contributed by atoms with E-state index in [4.69, 9.17) is 4.74 Å². The summed E-state index contributed by atoms with van der Waals surface area (Å²) in [6.07, 6.45) is 5.85. The van der Waals surface area contributed by atoms with Gasteiger partial charge in [-0.2, -0.15) is 0 Å². The highest BCUT2D eigenvalue weighted by atomic mass is 16.5. The fourth-order valence-corrected chi connectivity index (χ4v) is 4.05. The van der Waals surface area contributed by atoms with Crippen LogP contribution in [0.2, 0.25) is 0 Å². The van der Waals surface area contributed by atoms with Crippen molar-refractivity contribution in [2.75, 3.05) is 11.9 Å². The largest absolute Gasteiger partial charge is 0.494 e. The first-order valence-electron chi connectivity index (χ1n) is 8.53. The zero-order valence-electron chi connectivity index (χ0n) is 13.8. The molecule has 1 heterocycles. The first-order chi connectivity index (χ1) is 11.3. The van der Waals surface area contributed by atoms with Crippen LogP contribution >= 0.6 is 0 Å². The van der Waals surface area contributed by atoms with E-state index >= 15 is 0 Å². The second-order valence-corrected chi connectivity index (χ2v) is 6.54. The Hall–Kier alpha value is -2.22. The minimum absolute atomic E-state index is 0.299. The second-order valence-electron chi connectivity index (χ2n) is 6.54. The number of ether oxygens (including phenoxy) is 1. The first kappa shape index (κ1) is 14.4. The normalized spacial score (nSPS) is 24.7. The predicted molar refractivity (Wildman–Crippen MR) is 95.1 cm³/mol. The van der Waals surface area contributed by atoms with Crippen molar-refractivity contribution in [2.45, 2.75) is 32.2 Å². The molecule has 0 saturated carbocycles. The number of para-hydroxylation sites is 1. The van der Waals surface area contributed by atoms with Crippen molar-refractivity contribution in [2.24, 2.45) is 5.92 Å². The summed E-state index contributed by atoms with van der Waals surface area (Å²) in [6, 6.07) is 15.5. The third kappa shape index (κ3) is 2.42. The van der Waals surface area contributed by atoms with Crippen LogP contribution in [0.1, 0.15) is 42.0 Å². The highest BCUT2D eigenvalue weighted by molar-refractivity contribution is 5.61. The summed E-state index contributed by atoms with van der Waals surface area (Å²) in [5.41, 5.74) is 5.31. The molecular weight excluding hydrogens is 282 g/mol. The molecule has 23 heavy (non-hydrogen) atoms. The van der Waals surface area contributed by atoms with E-state index in [-0.39, 0.29) is 0 Å². The maximum Gasteiger partial charge on any atom is 0.124 e. The zero-order chi connectivity index (χ0) is 15.8.